The van der Waals surface area contributed by atoms with Crippen molar-refractivity contribution >= 4 is 17.4 Å². The van der Waals surface area contributed by atoms with Gasteiger partial charge in [-0.1, -0.05) is 0 Å². The zero-order valence-corrected chi connectivity index (χ0v) is 15.1. The summed E-state index contributed by atoms with van der Waals surface area (Å²) in [6.07, 6.45) is -1.32. The van der Waals surface area contributed by atoms with Gasteiger partial charge >= 0.3 is 5.82 Å². The van der Waals surface area contributed by atoms with E-state index in [4.69, 9.17) is 0 Å². The van der Waals surface area contributed by atoms with Gasteiger partial charge in [-0.05, 0) is 36.5 Å². The van der Waals surface area contributed by atoms with Gasteiger partial charge in [-0.15, -0.1) is 0 Å². The Morgan fingerprint density at radius 1 is 1.25 bits per heavy atom. The Balaban J connectivity index is 2.13. The minimum atomic E-state index is -1.32. The van der Waals surface area contributed by atoms with Crippen LogP contribution < -0.4 is 5.32 Å². The standard InChI is InChI=1S/C16H19N5O7/c1-9-7-14(21(27)28)18-19(9)10(2)16(24)17-13(8-22)15(23)11-3-5-12(6-4-11)20(25)26/h3-7,10,13,15,22-23H,8H2,1-2H3,(H,17,24). The van der Waals surface area contributed by atoms with Crippen molar-refractivity contribution in [2.45, 2.75) is 32.0 Å². The Bertz CT molecular complexity index is 880. The quantitative estimate of drug-likeness (QED) is 0.435. The van der Waals surface area contributed by atoms with E-state index in [2.05, 4.69) is 10.4 Å². The van der Waals surface area contributed by atoms with Crippen molar-refractivity contribution in [1.29, 1.82) is 0 Å². The third-order valence-corrected chi connectivity index (χ3v) is 4.19. The average molecular weight is 393 g/mol. The van der Waals surface area contributed by atoms with Crippen molar-refractivity contribution in [3.05, 3.63) is 61.8 Å². The van der Waals surface area contributed by atoms with E-state index in [-0.39, 0.29) is 11.3 Å². The number of aliphatic hydroxyl groups excluding tert-OH is 2. The van der Waals surface area contributed by atoms with Crippen LogP contribution in [0.1, 0.15) is 30.3 Å². The van der Waals surface area contributed by atoms with Crippen LogP contribution in [0.2, 0.25) is 0 Å². The summed E-state index contributed by atoms with van der Waals surface area (Å²) in [4.78, 5) is 32.7. The first-order valence-corrected chi connectivity index (χ1v) is 8.20. The monoisotopic (exact) mass is 393 g/mol. The summed E-state index contributed by atoms with van der Waals surface area (Å²) in [5.74, 6) is -1.03. The second-order valence-electron chi connectivity index (χ2n) is 6.11. The molecule has 3 N–H and O–H groups in total. The van der Waals surface area contributed by atoms with Gasteiger partial charge in [-0.25, -0.2) is 0 Å². The fourth-order valence-corrected chi connectivity index (χ4v) is 2.62. The number of hydrogen-bond donors (Lipinski definition) is 3. The Morgan fingerprint density at radius 3 is 2.32 bits per heavy atom. The molecule has 0 aliphatic carbocycles. The second kappa shape index (κ2) is 8.54. The molecule has 0 saturated heterocycles. The van der Waals surface area contributed by atoms with E-state index in [1.165, 1.54) is 41.9 Å². The first-order valence-electron chi connectivity index (χ1n) is 8.20. The number of nitro benzene ring substituents is 1. The summed E-state index contributed by atoms with van der Waals surface area (Å²) >= 11 is 0. The zero-order valence-electron chi connectivity index (χ0n) is 15.1. The topological polar surface area (TPSA) is 174 Å². The zero-order chi connectivity index (χ0) is 21.0. The van der Waals surface area contributed by atoms with Crippen molar-refractivity contribution in [3.63, 3.8) is 0 Å². The molecule has 1 aromatic carbocycles. The normalized spacial score (nSPS) is 14.1. The maximum absolute atomic E-state index is 12.5. The number of nitrogens with one attached hydrogen (secondary N) is 1. The number of amides is 1. The van der Waals surface area contributed by atoms with Crippen LogP contribution >= 0.6 is 0 Å². The molecule has 2 aromatic rings. The van der Waals surface area contributed by atoms with E-state index in [1.807, 2.05) is 0 Å². The number of benzene rings is 1. The van der Waals surface area contributed by atoms with E-state index < -0.39 is 46.4 Å². The summed E-state index contributed by atoms with van der Waals surface area (Å²) in [6, 6.07) is 4.23. The lowest BCUT2D eigenvalue weighted by atomic mass is 10.0. The molecule has 0 spiro atoms. The van der Waals surface area contributed by atoms with Crippen LogP contribution in [0.3, 0.4) is 0 Å². The van der Waals surface area contributed by atoms with Gasteiger partial charge in [0.25, 0.3) is 5.69 Å². The van der Waals surface area contributed by atoms with Crippen LogP contribution in [-0.4, -0.2) is 48.4 Å². The van der Waals surface area contributed by atoms with E-state index in [0.29, 0.717) is 5.69 Å². The number of aromatic nitrogens is 2. The fraction of sp³-hybridized carbons (Fsp3) is 0.375. The Hall–Kier alpha value is -3.38. The molecule has 1 aromatic heterocycles. The lowest BCUT2D eigenvalue weighted by Gasteiger charge is -2.24. The molecule has 0 aliphatic rings. The van der Waals surface area contributed by atoms with Gasteiger partial charge in [0.05, 0.1) is 34.4 Å². The van der Waals surface area contributed by atoms with Gasteiger partial charge in [-0.2, -0.15) is 4.68 Å². The SMILES string of the molecule is Cc1cc([N+](=O)[O-])nn1C(C)C(=O)NC(CO)C(O)c1ccc([N+](=O)[O-])cc1. The van der Waals surface area contributed by atoms with Gasteiger partial charge in [0.2, 0.25) is 5.91 Å². The molecule has 2 rings (SSSR count). The van der Waals surface area contributed by atoms with Gasteiger partial charge in [-0.3, -0.25) is 14.9 Å². The van der Waals surface area contributed by atoms with Crippen LogP contribution in [0.4, 0.5) is 11.5 Å². The summed E-state index contributed by atoms with van der Waals surface area (Å²) in [7, 11) is 0. The predicted octanol–water partition coefficient (Wildman–Crippen LogP) is 0.780. The number of non-ortho nitro benzene ring substituents is 1. The molecular weight excluding hydrogens is 374 g/mol. The molecular formula is C16H19N5O7. The highest BCUT2D eigenvalue weighted by Crippen LogP contribution is 2.21. The van der Waals surface area contributed by atoms with Gasteiger partial charge in [0.1, 0.15) is 12.1 Å². The molecule has 3 atom stereocenters. The number of rotatable bonds is 8. The van der Waals surface area contributed by atoms with E-state index in [0.717, 1.165) is 0 Å². The van der Waals surface area contributed by atoms with Crippen LogP contribution in [0.5, 0.6) is 0 Å². The largest absolute Gasteiger partial charge is 0.394 e. The molecule has 3 unspecified atom stereocenters. The number of nitro groups is 2. The number of carbonyl (C=O) groups excluding carboxylic acids is 1. The molecule has 12 nitrogen and oxygen atoms in total. The van der Waals surface area contributed by atoms with E-state index in [9.17, 15) is 35.2 Å². The molecule has 0 radical (unpaired) electrons. The average Bonchev–Trinajstić information content (AvgIpc) is 3.06. The molecule has 1 amide bonds. The van der Waals surface area contributed by atoms with Crippen LogP contribution in [0.25, 0.3) is 0 Å². The van der Waals surface area contributed by atoms with Crippen LogP contribution in [0.15, 0.2) is 30.3 Å². The predicted molar refractivity (Wildman–Crippen MR) is 95.4 cm³/mol. The highest BCUT2D eigenvalue weighted by molar-refractivity contribution is 5.80. The van der Waals surface area contributed by atoms with Crippen molar-refractivity contribution < 1.29 is 24.9 Å². The van der Waals surface area contributed by atoms with E-state index in [1.54, 1.807) is 6.92 Å². The summed E-state index contributed by atoms with van der Waals surface area (Å²) in [6.45, 7) is 2.42. The van der Waals surface area contributed by atoms with Crippen molar-refractivity contribution in [1.82, 2.24) is 15.1 Å². The molecule has 12 heteroatoms. The highest BCUT2D eigenvalue weighted by Gasteiger charge is 2.29. The second-order valence-corrected chi connectivity index (χ2v) is 6.11. The first-order chi connectivity index (χ1) is 13.1. The fourth-order valence-electron chi connectivity index (χ4n) is 2.62. The van der Waals surface area contributed by atoms with Crippen molar-refractivity contribution in [2.75, 3.05) is 6.61 Å². The molecule has 1 heterocycles. The Labute approximate surface area is 158 Å². The summed E-state index contributed by atoms with van der Waals surface area (Å²) in [5, 5.41) is 47.7. The summed E-state index contributed by atoms with van der Waals surface area (Å²) < 4.78 is 1.17. The molecule has 0 aliphatic heterocycles. The highest BCUT2D eigenvalue weighted by atomic mass is 16.6. The summed E-state index contributed by atoms with van der Waals surface area (Å²) in [5.41, 5.74) is 0.499. The number of aliphatic hydroxyl groups is 2. The van der Waals surface area contributed by atoms with Crippen LogP contribution in [0, 0.1) is 27.2 Å². The Kier molecular flexibility index (Phi) is 6.38. The van der Waals surface area contributed by atoms with E-state index >= 15 is 0 Å². The molecule has 0 fully saturated rings. The maximum Gasteiger partial charge on any atom is 0.390 e. The minimum Gasteiger partial charge on any atom is -0.394 e. The van der Waals surface area contributed by atoms with Crippen molar-refractivity contribution in [2.24, 2.45) is 0 Å². The lowest BCUT2D eigenvalue weighted by Crippen LogP contribution is -2.44. The first kappa shape index (κ1) is 20.9. The third-order valence-electron chi connectivity index (χ3n) is 4.19. The third kappa shape index (κ3) is 4.47. The number of aryl methyl sites for hydroxylation is 1. The minimum absolute atomic E-state index is 0.162. The molecule has 150 valence electrons. The number of nitrogens with zero attached hydrogens (tertiary/aromatic N) is 4. The van der Waals surface area contributed by atoms with Gasteiger partial charge in [0.15, 0.2) is 0 Å². The molecule has 28 heavy (non-hydrogen) atoms. The molecule has 0 saturated carbocycles. The van der Waals surface area contributed by atoms with Crippen molar-refractivity contribution in [3.8, 4) is 0 Å². The van der Waals surface area contributed by atoms with Gasteiger partial charge < -0.3 is 25.6 Å². The number of carbonyl (C=O) groups is 1. The maximum atomic E-state index is 12.5. The lowest BCUT2D eigenvalue weighted by molar-refractivity contribution is -0.389. The molecule has 0 bridgehead atoms. The van der Waals surface area contributed by atoms with Gasteiger partial charge in [0, 0.05) is 12.1 Å². The van der Waals surface area contributed by atoms with Crippen LogP contribution in [-0.2, 0) is 4.79 Å². The smallest absolute Gasteiger partial charge is 0.390 e. The number of hydrogen-bond acceptors (Lipinski definition) is 8. The Morgan fingerprint density at radius 2 is 1.86 bits per heavy atom.